The molecule has 1 aromatic rings. The molecule has 1 heterocycles. The summed E-state index contributed by atoms with van der Waals surface area (Å²) >= 11 is 0. The molecule has 1 aliphatic rings. The number of carbonyl (C=O) groups is 1. The normalized spacial score (nSPS) is 14.5. The van der Waals surface area contributed by atoms with Crippen LogP contribution in [0.3, 0.4) is 0 Å². The van der Waals surface area contributed by atoms with E-state index in [-0.39, 0.29) is 6.61 Å². The van der Waals surface area contributed by atoms with Crippen molar-refractivity contribution in [2.45, 2.75) is 12.8 Å². The van der Waals surface area contributed by atoms with Gasteiger partial charge in [-0.3, -0.25) is 9.52 Å². The topological polar surface area (TPSA) is 102 Å². The Hall–Kier alpha value is -1.96. The maximum absolute atomic E-state index is 11.5. The smallest absolute Gasteiger partial charge is 0.255 e. The minimum Gasteiger partial charge on any atom is -0.483 e. The molecule has 8 heteroatoms. The number of anilines is 2. The third kappa shape index (κ3) is 3.78. The van der Waals surface area contributed by atoms with Gasteiger partial charge in [0.05, 0.1) is 17.6 Å². The molecule has 0 unspecified atom stereocenters. The van der Waals surface area contributed by atoms with Gasteiger partial charge in [0.25, 0.3) is 5.91 Å². The van der Waals surface area contributed by atoms with Crippen LogP contribution in [0.15, 0.2) is 12.1 Å². The van der Waals surface area contributed by atoms with Crippen LogP contribution in [0.4, 0.5) is 11.4 Å². The Balaban J connectivity index is 2.44. The van der Waals surface area contributed by atoms with Gasteiger partial charge in [-0.15, -0.1) is 0 Å². The minimum atomic E-state index is -3.36. The van der Waals surface area contributed by atoms with Crippen molar-refractivity contribution in [3.05, 3.63) is 17.7 Å². The summed E-state index contributed by atoms with van der Waals surface area (Å²) in [7, 11) is -1.47. The number of nitrogens with zero attached hydrogens (tertiary/aromatic N) is 1. The summed E-state index contributed by atoms with van der Waals surface area (Å²) in [6, 6.07) is 3.30. The average Bonchev–Trinajstić information content (AvgIpc) is 2.35. The lowest BCUT2D eigenvalue weighted by Crippen LogP contribution is -2.27. The Labute approximate surface area is 124 Å². The maximum Gasteiger partial charge on any atom is 0.255 e. The molecule has 1 aliphatic heterocycles. The molecule has 21 heavy (non-hydrogen) atoms. The first-order valence-corrected chi connectivity index (χ1v) is 8.43. The lowest BCUT2D eigenvalue weighted by Gasteiger charge is -2.31. The molecule has 1 amide bonds. The number of benzene rings is 1. The number of hydrogen-bond acceptors (Lipinski definition) is 5. The van der Waals surface area contributed by atoms with E-state index in [1.165, 1.54) is 0 Å². The monoisotopic (exact) mass is 313 g/mol. The lowest BCUT2D eigenvalue weighted by molar-refractivity contribution is -0.119. The summed E-state index contributed by atoms with van der Waals surface area (Å²) in [6.07, 6.45) is 2.80. The third-order valence-corrected chi connectivity index (χ3v) is 3.80. The first kappa shape index (κ1) is 15.4. The molecule has 2 rings (SSSR count). The van der Waals surface area contributed by atoms with Crippen molar-refractivity contribution >= 4 is 27.3 Å². The first-order valence-electron chi connectivity index (χ1n) is 6.54. The standard InChI is InChI=1S/C13H19N3O4S/c1-16-7-3-4-9-11(20-8-12(14)17)6-5-10(13(9)16)15-21(2,18)19/h5-6,15H,3-4,7-8H2,1-2H3,(H2,14,17). The minimum absolute atomic E-state index is 0.199. The zero-order chi connectivity index (χ0) is 15.6. The van der Waals surface area contributed by atoms with Gasteiger partial charge in [-0.05, 0) is 25.0 Å². The average molecular weight is 313 g/mol. The molecule has 0 saturated carbocycles. The Morgan fingerprint density at radius 3 is 2.81 bits per heavy atom. The highest BCUT2D eigenvalue weighted by molar-refractivity contribution is 7.92. The van der Waals surface area contributed by atoms with Crippen LogP contribution >= 0.6 is 0 Å². The van der Waals surface area contributed by atoms with E-state index in [2.05, 4.69) is 4.72 Å². The Kier molecular flexibility index (Phi) is 4.26. The van der Waals surface area contributed by atoms with Gasteiger partial charge in [0.15, 0.2) is 6.61 Å². The molecule has 0 bridgehead atoms. The Bertz CT molecular complexity index is 658. The third-order valence-electron chi connectivity index (χ3n) is 3.21. The number of carbonyl (C=O) groups excluding carboxylic acids is 1. The van der Waals surface area contributed by atoms with Crippen LogP contribution < -0.4 is 20.1 Å². The van der Waals surface area contributed by atoms with E-state index in [4.69, 9.17) is 10.5 Å². The number of sulfonamides is 1. The summed E-state index contributed by atoms with van der Waals surface area (Å²) < 4.78 is 30.9. The summed E-state index contributed by atoms with van der Waals surface area (Å²) in [6.45, 7) is 0.625. The van der Waals surface area contributed by atoms with E-state index in [1.54, 1.807) is 12.1 Å². The summed E-state index contributed by atoms with van der Waals surface area (Å²) in [5.41, 5.74) is 7.28. The fourth-order valence-electron chi connectivity index (χ4n) is 2.47. The Morgan fingerprint density at radius 2 is 2.19 bits per heavy atom. The fraction of sp³-hybridized carbons (Fsp3) is 0.462. The van der Waals surface area contributed by atoms with E-state index in [0.717, 1.165) is 36.9 Å². The number of fused-ring (bicyclic) bond motifs is 1. The number of nitrogens with two attached hydrogens (primary N) is 1. The number of amides is 1. The van der Waals surface area contributed by atoms with Gasteiger partial charge in [-0.1, -0.05) is 0 Å². The van der Waals surface area contributed by atoms with E-state index in [1.807, 2.05) is 11.9 Å². The number of ether oxygens (including phenoxy) is 1. The van der Waals surface area contributed by atoms with Crippen LogP contribution in [0.25, 0.3) is 0 Å². The van der Waals surface area contributed by atoms with Gasteiger partial charge in [0.2, 0.25) is 10.0 Å². The molecule has 0 spiro atoms. The molecule has 0 fully saturated rings. The molecule has 116 valence electrons. The van der Waals surface area contributed by atoms with Gasteiger partial charge >= 0.3 is 0 Å². The van der Waals surface area contributed by atoms with E-state index < -0.39 is 15.9 Å². The van der Waals surface area contributed by atoms with Gasteiger partial charge in [0, 0.05) is 19.2 Å². The number of hydrogen-bond donors (Lipinski definition) is 2. The van der Waals surface area contributed by atoms with Crippen molar-refractivity contribution in [3.8, 4) is 5.75 Å². The molecular weight excluding hydrogens is 294 g/mol. The summed E-state index contributed by atoms with van der Waals surface area (Å²) in [5, 5.41) is 0. The zero-order valence-electron chi connectivity index (χ0n) is 12.0. The van der Waals surface area contributed by atoms with Crippen LogP contribution in [0.1, 0.15) is 12.0 Å². The van der Waals surface area contributed by atoms with Crippen LogP contribution in [0, 0.1) is 0 Å². The predicted octanol–water partition coefficient (Wildman–Crippen LogP) is 0.305. The number of primary amides is 1. The molecule has 3 N–H and O–H groups in total. The van der Waals surface area contributed by atoms with E-state index in [9.17, 15) is 13.2 Å². The predicted molar refractivity (Wildman–Crippen MR) is 81.2 cm³/mol. The summed E-state index contributed by atoms with van der Waals surface area (Å²) in [4.78, 5) is 12.8. The summed E-state index contributed by atoms with van der Waals surface area (Å²) in [5.74, 6) is 0.0145. The highest BCUT2D eigenvalue weighted by Crippen LogP contribution is 2.40. The molecule has 0 aromatic heterocycles. The highest BCUT2D eigenvalue weighted by Gasteiger charge is 2.23. The second kappa shape index (κ2) is 5.80. The van der Waals surface area contributed by atoms with E-state index in [0.29, 0.717) is 11.4 Å². The molecule has 0 atom stereocenters. The van der Waals surface area contributed by atoms with Crippen molar-refractivity contribution in [1.29, 1.82) is 0 Å². The maximum atomic E-state index is 11.5. The molecule has 0 aliphatic carbocycles. The SMILES string of the molecule is CN1CCCc2c(OCC(N)=O)ccc(NS(C)(=O)=O)c21. The van der Waals surface area contributed by atoms with Crippen molar-refractivity contribution in [3.63, 3.8) is 0 Å². The van der Waals surface area contributed by atoms with Crippen molar-refractivity contribution in [2.24, 2.45) is 5.73 Å². The molecule has 0 radical (unpaired) electrons. The second-order valence-corrected chi connectivity index (χ2v) is 6.84. The van der Waals surface area contributed by atoms with Crippen molar-refractivity contribution in [2.75, 3.05) is 36.1 Å². The quantitative estimate of drug-likeness (QED) is 0.814. The molecule has 0 saturated heterocycles. The second-order valence-electron chi connectivity index (χ2n) is 5.09. The highest BCUT2D eigenvalue weighted by atomic mass is 32.2. The van der Waals surface area contributed by atoms with Crippen LogP contribution in [0.2, 0.25) is 0 Å². The van der Waals surface area contributed by atoms with E-state index >= 15 is 0 Å². The van der Waals surface area contributed by atoms with Gasteiger partial charge in [-0.2, -0.15) is 0 Å². The number of rotatable bonds is 5. The van der Waals surface area contributed by atoms with Crippen LogP contribution in [0.5, 0.6) is 5.75 Å². The van der Waals surface area contributed by atoms with Crippen LogP contribution in [-0.2, 0) is 21.2 Å². The Morgan fingerprint density at radius 1 is 1.48 bits per heavy atom. The van der Waals surface area contributed by atoms with Crippen LogP contribution in [-0.4, -0.2) is 40.8 Å². The molecular formula is C13H19N3O4S. The zero-order valence-corrected chi connectivity index (χ0v) is 12.9. The molecule has 1 aromatic carbocycles. The van der Waals surface area contributed by atoms with Crippen molar-refractivity contribution < 1.29 is 17.9 Å². The lowest BCUT2D eigenvalue weighted by atomic mass is 10.00. The molecule has 7 nitrogen and oxygen atoms in total. The largest absolute Gasteiger partial charge is 0.483 e. The fourth-order valence-corrected chi connectivity index (χ4v) is 3.03. The first-order chi connectivity index (χ1) is 9.78. The van der Waals surface area contributed by atoms with Crippen molar-refractivity contribution in [1.82, 2.24) is 0 Å². The number of nitrogens with one attached hydrogen (secondary N) is 1. The van der Waals surface area contributed by atoms with Gasteiger partial charge in [0.1, 0.15) is 5.75 Å². The van der Waals surface area contributed by atoms with Gasteiger partial charge < -0.3 is 15.4 Å². The van der Waals surface area contributed by atoms with Gasteiger partial charge in [-0.25, -0.2) is 8.42 Å².